The number of hydrogen-bond donors (Lipinski definition) is 2. The summed E-state index contributed by atoms with van der Waals surface area (Å²) in [7, 11) is 0. The molecule has 38 heavy (non-hydrogen) atoms. The quantitative estimate of drug-likeness (QED) is 0.115. The van der Waals surface area contributed by atoms with Crippen molar-refractivity contribution in [3.05, 3.63) is 112 Å². The van der Waals surface area contributed by atoms with Crippen LogP contribution in [0.3, 0.4) is 0 Å². The molecule has 0 radical (unpaired) electrons. The van der Waals surface area contributed by atoms with E-state index >= 15 is 0 Å². The number of halogens is 1. The third kappa shape index (κ3) is 6.74. The number of carbonyl (C=O) groups excluding carboxylic acids is 3. The van der Waals surface area contributed by atoms with Gasteiger partial charge < -0.3 is 19.2 Å². The molecule has 0 fully saturated rings. The Morgan fingerprint density at radius 3 is 2.47 bits per heavy atom. The Bertz CT molecular complexity index is 1470. The molecule has 0 saturated carbocycles. The second-order valence-electron chi connectivity index (χ2n) is 7.71. The van der Waals surface area contributed by atoms with Gasteiger partial charge in [0, 0.05) is 10.0 Å². The Hall–Kier alpha value is -4.70. The van der Waals surface area contributed by atoms with Gasteiger partial charge in [0.25, 0.3) is 11.8 Å². The predicted molar refractivity (Wildman–Crippen MR) is 145 cm³/mol. The SMILES string of the molecule is CCOc1cc(/C=N\NC(=O)c2ccccc2NC(=O)c2ccc(Br)cc2)ccc1OC(=O)c1ccco1. The number of rotatable bonds is 9. The summed E-state index contributed by atoms with van der Waals surface area (Å²) in [4.78, 5) is 37.6. The van der Waals surface area contributed by atoms with Gasteiger partial charge in [0.2, 0.25) is 5.76 Å². The standard InChI is InChI=1S/C28H22BrN3O6/c1-2-36-25-16-18(9-14-23(25)38-28(35)24-8-5-15-37-24)17-30-32-27(34)21-6-3-4-7-22(21)31-26(33)19-10-12-20(29)13-11-19/h3-17H,2H2,1H3,(H,31,33)(H,32,34)/b30-17-. The molecule has 0 atom stereocenters. The third-order valence-electron chi connectivity index (χ3n) is 5.10. The number of esters is 1. The maximum absolute atomic E-state index is 12.8. The first-order valence-electron chi connectivity index (χ1n) is 11.5. The second-order valence-corrected chi connectivity index (χ2v) is 8.63. The molecule has 0 aliphatic rings. The van der Waals surface area contributed by atoms with E-state index < -0.39 is 11.9 Å². The van der Waals surface area contributed by atoms with Crippen LogP contribution in [0.2, 0.25) is 0 Å². The van der Waals surface area contributed by atoms with Crippen LogP contribution in [0.15, 0.2) is 99.1 Å². The van der Waals surface area contributed by atoms with Crippen LogP contribution in [0.5, 0.6) is 11.5 Å². The number of benzene rings is 3. The van der Waals surface area contributed by atoms with E-state index in [2.05, 4.69) is 31.8 Å². The Kier molecular flexibility index (Phi) is 8.68. The molecule has 2 N–H and O–H groups in total. The van der Waals surface area contributed by atoms with Gasteiger partial charge >= 0.3 is 5.97 Å². The van der Waals surface area contributed by atoms with Crippen molar-refractivity contribution in [3.8, 4) is 11.5 Å². The first-order valence-corrected chi connectivity index (χ1v) is 12.3. The number of hydrogen-bond acceptors (Lipinski definition) is 7. The van der Waals surface area contributed by atoms with Crippen LogP contribution in [0.25, 0.3) is 0 Å². The molecule has 4 rings (SSSR count). The largest absolute Gasteiger partial charge is 0.490 e. The number of para-hydroxylation sites is 1. The molecular formula is C28H22BrN3O6. The van der Waals surface area contributed by atoms with E-state index in [1.54, 1.807) is 79.7 Å². The van der Waals surface area contributed by atoms with Crippen molar-refractivity contribution in [2.45, 2.75) is 6.92 Å². The van der Waals surface area contributed by atoms with E-state index in [0.717, 1.165) is 4.47 Å². The van der Waals surface area contributed by atoms with E-state index in [1.807, 2.05) is 0 Å². The van der Waals surface area contributed by atoms with Crippen LogP contribution < -0.4 is 20.2 Å². The molecule has 0 aliphatic heterocycles. The summed E-state index contributed by atoms with van der Waals surface area (Å²) in [6, 6.07) is 21.4. The summed E-state index contributed by atoms with van der Waals surface area (Å²) in [5.41, 5.74) is 4.08. The fourth-order valence-electron chi connectivity index (χ4n) is 3.31. The van der Waals surface area contributed by atoms with Gasteiger partial charge in [-0.2, -0.15) is 5.10 Å². The number of furan rings is 1. The van der Waals surface area contributed by atoms with Crippen molar-refractivity contribution in [3.63, 3.8) is 0 Å². The van der Waals surface area contributed by atoms with Crippen LogP contribution in [0, 0.1) is 0 Å². The molecule has 192 valence electrons. The molecule has 3 aromatic carbocycles. The molecule has 0 aliphatic carbocycles. The van der Waals surface area contributed by atoms with E-state index in [0.29, 0.717) is 29.2 Å². The molecule has 9 nitrogen and oxygen atoms in total. The number of carbonyl (C=O) groups is 3. The predicted octanol–water partition coefficient (Wildman–Crippen LogP) is 5.68. The highest BCUT2D eigenvalue weighted by atomic mass is 79.9. The van der Waals surface area contributed by atoms with E-state index in [-0.39, 0.29) is 23.0 Å². The van der Waals surface area contributed by atoms with Gasteiger partial charge in [-0.1, -0.05) is 28.1 Å². The summed E-state index contributed by atoms with van der Waals surface area (Å²) < 4.78 is 16.9. The van der Waals surface area contributed by atoms with Gasteiger partial charge in [-0.05, 0) is 79.2 Å². The van der Waals surface area contributed by atoms with Gasteiger partial charge in [0.1, 0.15) is 0 Å². The van der Waals surface area contributed by atoms with E-state index in [9.17, 15) is 14.4 Å². The maximum atomic E-state index is 12.8. The van der Waals surface area contributed by atoms with Crippen molar-refractivity contribution >= 4 is 45.6 Å². The summed E-state index contributed by atoms with van der Waals surface area (Å²) in [5, 5.41) is 6.77. The van der Waals surface area contributed by atoms with Crippen molar-refractivity contribution in [1.29, 1.82) is 0 Å². The van der Waals surface area contributed by atoms with Gasteiger partial charge in [-0.25, -0.2) is 10.2 Å². The molecule has 10 heteroatoms. The molecule has 2 amide bonds. The van der Waals surface area contributed by atoms with Gasteiger partial charge in [0.05, 0.1) is 30.3 Å². The highest BCUT2D eigenvalue weighted by Gasteiger charge is 2.16. The number of nitrogens with one attached hydrogen (secondary N) is 2. The lowest BCUT2D eigenvalue weighted by molar-refractivity contribution is 0.0694. The van der Waals surface area contributed by atoms with Crippen LogP contribution in [-0.4, -0.2) is 30.6 Å². The van der Waals surface area contributed by atoms with Crippen molar-refractivity contribution < 1.29 is 28.3 Å². The fraction of sp³-hybridized carbons (Fsp3) is 0.0714. The number of nitrogens with zero attached hydrogens (tertiary/aromatic N) is 1. The minimum atomic E-state index is -0.657. The molecule has 1 heterocycles. The smallest absolute Gasteiger partial charge is 0.379 e. The van der Waals surface area contributed by atoms with E-state index in [1.165, 1.54) is 18.5 Å². The number of hydrazone groups is 1. The summed E-state index contributed by atoms with van der Waals surface area (Å²) in [6.45, 7) is 2.14. The van der Waals surface area contributed by atoms with Crippen LogP contribution >= 0.6 is 15.9 Å². The Morgan fingerprint density at radius 2 is 1.74 bits per heavy atom. The average molecular weight is 576 g/mol. The zero-order valence-corrected chi connectivity index (χ0v) is 21.7. The zero-order valence-electron chi connectivity index (χ0n) is 20.1. The lowest BCUT2D eigenvalue weighted by atomic mass is 10.1. The third-order valence-corrected chi connectivity index (χ3v) is 5.63. The lowest BCUT2D eigenvalue weighted by Gasteiger charge is -2.11. The highest BCUT2D eigenvalue weighted by molar-refractivity contribution is 9.10. The fourth-order valence-corrected chi connectivity index (χ4v) is 3.58. The van der Waals surface area contributed by atoms with Gasteiger partial charge in [-0.15, -0.1) is 0 Å². The van der Waals surface area contributed by atoms with Crippen molar-refractivity contribution in [2.24, 2.45) is 5.10 Å². The van der Waals surface area contributed by atoms with Crippen LogP contribution in [0.1, 0.15) is 43.8 Å². The molecular weight excluding hydrogens is 554 g/mol. The summed E-state index contributed by atoms with van der Waals surface area (Å²) in [6.07, 6.45) is 2.80. The van der Waals surface area contributed by atoms with Crippen molar-refractivity contribution in [2.75, 3.05) is 11.9 Å². The Morgan fingerprint density at radius 1 is 0.947 bits per heavy atom. The second kappa shape index (κ2) is 12.5. The topological polar surface area (TPSA) is 119 Å². The Labute approximate surface area is 226 Å². The molecule has 0 unspecified atom stereocenters. The number of ether oxygens (including phenoxy) is 2. The maximum Gasteiger partial charge on any atom is 0.379 e. The number of amides is 2. The van der Waals surface area contributed by atoms with Crippen molar-refractivity contribution in [1.82, 2.24) is 5.43 Å². The lowest BCUT2D eigenvalue weighted by Crippen LogP contribution is -2.21. The molecule has 4 aromatic rings. The monoisotopic (exact) mass is 575 g/mol. The average Bonchev–Trinajstić information content (AvgIpc) is 3.46. The molecule has 0 saturated heterocycles. The van der Waals surface area contributed by atoms with Crippen LogP contribution in [0.4, 0.5) is 5.69 Å². The van der Waals surface area contributed by atoms with Gasteiger partial charge in [-0.3, -0.25) is 9.59 Å². The molecule has 0 bridgehead atoms. The number of anilines is 1. The minimum Gasteiger partial charge on any atom is -0.490 e. The zero-order chi connectivity index (χ0) is 26.9. The molecule has 1 aromatic heterocycles. The summed E-state index contributed by atoms with van der Waals surface area (Å²) in [5.74, 6) is -0.919. The highest BCUT2D eigenvalue weighted by Crippen LogP contribution is 2.29. The van der Waals surface area contributed by atoms with Crippen LogP contribution in [-0.2, 0) is 0 Å². The van der Waals surface area contributed by atoms with E-state index in [4.69, 9.17) is 13.9 Å². The Balaban J connectivity index is 1.43. The normalized spacial score (nSPS) is 10.7. The minimum absolute atomic E-state index is 0.0640. The first kappa shape index (κ1) is 26.4. The molecule has 0 spiro atoms. The summed E-state index contributed by atoms with van der Waals surface area (Å²) >= 11 is 3.34. The van der Waals surface area contributed by atoms with Gasteiger partial charge in [0.15, 0.2) is 11.5 Å². The first-order chi connectivity index (χ1) is 18.4.